The number of fused-ring (bicyclic) bond motifs is 1. The molecular formula is C25H19N5O3. The molecule has 0 saturated carbocycles. The zero-order valence-electron chi connectivity index (χ0n) is 17.6. The Bertz CT molecular complexity index is 1440. The van der Waals surface area contributed by atoms with E-state index in [2.05, 4.69) is 15.3 Å². The molecule has 0 radical (unpaired) electrons. The molecule has 0 unspecified atom stereocenters. The summed E-state index contributed by atoms with van der Waals surface area (Å²) >= 11 is 0. The van der Waals surface area contributed by atoms with Crippen molar-refractivity contribution in [3.63, 3.8) is 0 Å². The van der Waals surface area contributed by atoms with E-state index >= 15 is 0 Å². The molecule has 162 valence electrons. The first-order chi connectivity index (χ1) is 16.1. The number of benzene rings is 2. The van der Waals surface area contributed by atoms with E-state index in [9.17, 15) is 9.59 Å². The van der Waals surface area contributed by atoms with Crippen LogP contribution < -0.4 is 5.32 Å². The zero-order valence-corrected chi connectivity index (χ0v) is 17.6. The van der Waals surface area contributed by atoms with Gasteiger partial charge in [0.1, 0.15) is 11.4 Å². The lowest BCUT2D eigenvalue weighted by atomic mass is 10.1. The van der Waals surface area contributed by atoms with Crippen LogP contribution in [0.25, 0.3) is 33.8 Å². The molecule has 0 saturated heterocycles. The van der Waals surface area contributed by atoms with Crippen LogP contribution in [-0.4, -0.2) is 38.9 Å². The second-order valence-electron chi connectivity index (χ2n) is 7.31. The first-order valence-electron chi connectivity index (χ1n) is 10.2. The summed E-state index contributed by atoms with van der Waals surface area (Å²) in [5.74, 6) is -0.725. The highest BCUT2D eigenvalue weighted by Gasteiger charge is 2.16. The second kappa shape index (κ2) is 8.43. The van der Waals surface area contributed by atoms with Gasteiger partial charge in [0, 0.05) is 23.6 Å². The first-order valence-corrected chi connectivity index (χ1v) is 10.2. The summed E-state index contributed by atoms with van der Waals surface area (Å²) in [6.07, 6.45) is 3.67. The SMILES string of the molecule is COC(=O)c1ccc(NC(=O)c2ccc3nc(-c4ccc[nH]4)c(-c4ccc[nH]4)nc3c2)cc1. The molecule has 8 heteroatoms. The van der Waals surface area contributed by atoms with Crippen LogP contribution in [0.5, 0.6) is 0 Å². The van der Waals surface area contributed by atoms with E-state index in [1.54, 1.807) is 42.5 Å². The monoisotopic (exact) mass is 437 g/mol. The van der Waals surface area contributed by atoms with E-state index in [-0.39, 0.29) is 5.91 Å². The number of carbonyl (C=O) groups excluding carboxylic acids is 2. The lowest BCUT2D eigenvalue weighted by molar-refractivity contribution is 0.0600. The highest BCUT2D eigenvalue weighted by molar-refractivity contribution is 6.06. The molecule has 0 spiro atoms. The number of hydrogen-bond donors (Lipinski definition) is 3. The normalized spacial score (nSPS) is 10.8. The van der Waals surface area contributed by atoms with Crippen LogP contribution in [-0.2, 0) is 4.74 Å². The smallest absolute Gasteiger partial charge is 0.337 e. The Morgan fingerprint density at radius 1 is 0.788 bits per heavy atom. The average Bonchev–Trinajstić information content (AvgIpc) is 3.57. The van der Waals surface area contributed by atoms with Gasteiger partial charge >= 0.3 is 5.97 Å². The molecular weight excluding hydrogens is 418 g/mol. The molecule has 3 aromatic heterocycles. The van der Waals surface area contributed by atoms with Crippen molar-refractivity contribution in [2.75, 3.05) is 12.4 Å². The predicted molar refractivity (Wildman–Crippen MR) is 125 cm³/mol. The Labute approximate surface area is 188 Å². The van der Waals surface area contributed by atoms with Gasteiger partial charge in [0.05, 0.1) is 35.1 Å². The number of carbonyl (C=O) groups is 2. The van der Waals surface area contributed by atoms with Crippen molar-refractivity contribution in [3.05, 3.63) is 90.3 Å². The number of aromatic nitrogens is 4. The van der Waals surface area contributed by atoms with Crippen molar-refractivity contribution in [1.82, 2.24) is 19.9 Å². The predicted octanol–water partition coefficient (Wildman–Crippen LogP) is 4.66. The Hall–Kier alpha value is -4.72. The summed E-state index contributed by atoms with van der Waals surface area (Å²) in [6, 6.07) is 19.4. The number of esters is 1. The summed E-state index contributed by atoms with van der Waals surface area (Å²) in [5.41, 5.74) is 5.78. The molecule has 0 aliphatic carbocycles. The molecule has 1 amide bonds. The van der Waals surface area contributed by atoms with E-state index in [4.69, 9.17) is 14.7 Å². The van der Waals surface area contributed by atoms with Gasteiger partial charge in [-0.3, -0.25) is 4.79 Å². The van der Waals surface area contributed by atoms with E-state index in [1.807, 2.05) is 36.7 Å². The van der Waals surface area contributed by atoms with E-state index in [1.165, 1.54) is 7.11 Å². The van der Waals surface area contributed by atoms with Crippen molar-refractivity contribution >= 4 is 28.6 Å². The first kappa shape index (κ1) is 20.2. The van der Waals surface area contributed by atoms with Crippen LogP contribution in [0.4, 0.5) is 5.69 Å². The van der Waals surface area contributed by atoms with Crippen molar-refractivity contribution in [1.29, 1.82) is 0 Å². The topological polar surface area (TPSA) is 113 Å². The molecule has 33 heavy (non-hydrogen) atoms. The number of ether oxygens (including phenoxy) is 1. The van der Waals surface area contributed by atoms with Crippen LogP contribution in [0.1, 0.15) is 20.7 Å². The van der Waals surface area contributed by atoms with E-state index in [0.717, 1.165) is 17.1 Å². The average molecular weight is 437 g/mol. The van der Waals surface area contributed by atoms with E-state index < -0.39 is 5.97 Å². The van der Waals surface area contributed by atoms with Crippen LogP contribution in [0.3, 0.4) is 0 Å². The highest BCUT2D eigenvalue weighted by atomic mass is 16.5. The van der Waals surface area contributed by atoms with Gasteiger partial charge in [0.2, 0.25) is 0 Å². The third-order valence-electron chi connectivity index (χ3n) is 5.20. The fourth-order valence-electron chi connectivity index (χ4n) is 3.54. The molecule has 5 aromatic rings. The van der Waals surface area contributed by atoms with Gasteiger partial charge in [-0.05, 0) is 66.7 Å². The Morgan fingerprint density at radius 2 is 1.39 bits per heavy atom. The summed E-state index contributed by atoms with van der Waals surface area (Å²) < 4.78 is 4.69. The molecule has 8 nitrogen and oxygen atoms in total. The van der Waals surface area contributed by atoms with Gasteiger partial charge in [-0.15, -0.1) is 0 Å². The van der Waals surface area contributed by atoms with Crippen molar-refractivity contribution < 1.29 is 14.3 Å². The molecule has 0 bridgehead atoms. The van der Waals surface area contributed by atoms with Crippen molar-refractivity contribution in [2.24, 2.45) is 0 Å². The highest BCUT2D eigenvalue weighted by Crippen LogP contribution is 2.29. The number of aromatic amines is 2. The third kappa shape index (κ3) is 3.97. The Kier molecular flexibility index (Phi) is 5.16. The van der Waals surface area contributed by atoms with Gasteiger partial charge in [0.15, 0.2) is 0 Å². The summed E-state index contributed by atoms with van der Waals surface area (Å²) in [4.78, 5) is 40.4. The van der Waals surface area contributed by atoms with Crippen molar-refractivity contribution in [3.8, 4) is 22.8 Å². The number of anilines is 1. The number of H-pyrrole nitrogens is 2. The standard InChI is InChI=1S/C25H19N5O3/c1-33-25(32)15-6-9-17(10-7-15)28-24(31)16-8-11-18-21(14-16)30-23(20-5-3-13-27-20)22(29-18)19-4-2-12-26-19/h2-14,26-27H,1H3,(H,28,31). The number of methoxy groups -OCH3 is 1. The van der Waals surface area contributed by atoms with Gasteiger partial charge in [-0.25, -0.2) is 14.8 Å². The maximum Gasteiger partial charge on any atom is 0.337 e. The van der Waals surface area contributed by atoms with Crippen LogP contribution in [0.15, 0.2) is 79.1 Å². The summed E-state index contributed by atoms with van der Waals surface area (Å²) in [5, 5.41) is 2.83. The van der Waals surface area contributed by atoms with Crippen LogP contribution in [0, 0.1) is 0 Å². The number of nitrogens with one attached hydrogen (secondary N) is 3. The van der Waals surface area contributed by atoms with E-state index in [0.29, 0.717) is 33.5 Å². The minimum Gasteiger partial charge on any atom is -0.465 e. The number of rotatable bonds is 5. The number of amides is 1. The minimum atomic E-state index is -0.433. The zero-order chi connectivity index (χ0) is 22.8. The van der Waals surface area contributed by atoms with Gasteiger partial charge in [-0.2, -0.15) is 0 Å². The second-order valence-corrected chi connectivity index (χ2v) is 7.31. The van der Waals surface area contributed by atoms with Gasteiger partial charge < -0.3 is 20.0 Å². The fourth-order valence-corrected chi connectivity index (χ4v) is 3.54. The molecule has 5 rings (SSSR count). The van der Waals surface area contributed by atoms with Gasteiger partial charge in [0.25, 0.3) is 5.91 Å². The Morgan fingerprint density at radius 3 is 1.97 bits per heavy atom. The molecule has 0 atom stereocenters. The molecule has 0 aliphatic heterocycles. The van der Waals surface area contributed by atoms with Crippen LogP contribution in [0.2, 0.25) is 0 Å². The van der Waals surface area contributed by atoms with Gasteiger partial charge in [-0.1, -0.05) is 0 Å². The fraction of sp³-hybridized carbons (Fsp3) is 0.0400. The third-order valence-corrected chi connectivity index (χ3v) is 5.20. The number of nitrogens with zero attached hydrogens (tertiary/aromatic N) is 2. The Balaban J connectivity index is 1.48. The maximum atomic E-state index is 12.8. The summed E-state index contributed by atoms with van der Waals surface area (Å²) in [6.45, 7) is 0. The maximum absolute atomic E-state index is 12.8. The lowest BCUT2D eigenvalue weighted by Crippen LogP contribution is -2.12. The molecule has 0 fully saturated rings. The quantitative estimate of drug-likeness (QED) is 0.346. The minimum absolute atomic E-state index is 0.292. The van der Waals surface area contributed by atoms with Crippen molar-refractivity contribution in [2.45, 2.75) is 0 Å². The molecule has 2 aromatic carbocycles. The summed E-state index contributed by atoms with van der Waals surface area (Å²) in [7, 11) is 1.32. The molecule has 0 aliphatic rings. The lowest BCUT2D eigenvalue weighted by Gasteiger charge is -2.10. The molecule has 3 heterocycles. The number of hydrogen-bond acceptors (Lipinski definition) is 5. The largest absolute Gasteiger partial charge is 0.465 e. The van der Waals surface area contributed by atoms with Crippen LogP contribution >= 0.6 is 0 Å². The molecule has 3 N–H and O–H groups in total.